The van der Waals surface area contributed by atoms with Gasteiger partial charge in [-0.05, 0) is 58.7 Å². The van der Waals surface area contributed by atoms with Crippen molar-refractivity contribution in [1.29, 1.82) is 0 Å². The lowest BCUT2D eigenvalue weighted by molar-refractivity contribution is -0.118. The first-order valence-corrected chi connectivity index (χ1v) is 9.34. The third-order valence-corrected chi connectivity index (χ3v) is 4.31. The van der Waals surface area contributed by atoms with Gasteiger partial charge in [0.15, 0.2) is 6.61 Å². The Balaban J connectivity index is 1.93. The number of benzene rings is 2. The van der Waals surface area contributed by atoms with Crippen molar-refractivity contribution in [3.8, 4) is 5.75 Å². The van der Waals surface area contributed by atoms with Gasteiger partial charge in [-0.15, -0.1) is 0 Å². The quantitative estimate of drug-likeness (QED) is 0.632. The molecule has 0 aromatic heterocycles. The minimum absolute atomic E-state index is 0.132. The summed E-state index contributed by atoms with van der Waals surface area (Å²) in [6.07, 6.45) is 0.866. The van der Waals surface area contributed by atoms with Crippen LogP contribution in [0.4, 0.5) is 5.69 Å². The first kappa shape index (κ1) is 19.5. The zero-order valence-electron chi connectivity index (χ0n) is 13.6. The summed E-state index contributed by atoms with van der Waals surface area (Å²) in [7, 11) is 0. The molecule has 0 saturated heterocycles. The molecule has 0 aliphatic heterocycles. The van der Waals surface area contributed by atoms with E-state index in [1.54, 1.807) is 30.3 Å². The van der Waals surface area contributed by atoms with E-state index in [9.17, 15) is 9.59 Å². The summed E-state index contributed by atoms with van der Waals surface area (Å²) < 4.78 is 7.16. The van der Waals surface area contributed by atoms with Crippen LogP contribution in [-0.2, 0) is 4.79 Å². The van der Waals surface area contributed by atoms with Gasteiger partial charge in [-0.3, -0.25) is 9.59 Å². The molecule has 2 N–H and O–H groups in total. The monoisotopic (exact) mass is 468 g/mol. The van der Waals surface area contributed by atoms with E-state index in [4.69, 9.17) is 4.74 Å². The van der Waals surface area contributed by atoms with Crippen LogP contribution < -0.4 is 15.4 Å². The zero-order chi connectivity index (χ0) is 18.2. The second kappa shape index (κ2) is 9.58. The summed E-state index contributed by atoms with van der Waals surface area (Å²) >= 11 is 6.74. The molecule has 0 bridgehead atoms. The van der Waals surface area contributed by atoms with Crippen molar-refractivity contribution in [3.05, 3.63) is 57.0 Å². The third-order valence-electron chi connectivity index (χ3n) is 3.20. The van der Waals surface area contributed by atoms with Crippen molar-refractivity contribution in [2.45, 2.75) is 13.3 Å². The molecule has 2 amide bonds. The molecule has 0 radical (unpaired) electrons. The van der Waals surface area contributed by atoms with Gasteiger partial charge in [0.1, 0.15) is 5.75 Å². The third kappa shape index (κ3) is 6.17. The SMILES string of the molecule is CCCNC(=O)c1cccc(NC(=O)COc2ccc(Br)cc2Br)c1. The lowest BCUT2D eigenvalue weighted by atomic mass is 10.2. The van der Waals surface area contributed by atoms with E-state index < -0.39 is 0 Å². The highest BCUT2D eigenvalue weighted by molar-refractivity contribution is 9.11. The lowest BCUT2D eigenvalue weighted by Crippen LogP contribution is -2.24. The molecular formula is C18H18Br2N2O3. The van der Waals surface area contributed by atoms with Gasteiger partial charge in [-0.1, -0.05) is 28.9 Å². The van der Waals surface area contributed by atoms with E-state index in [-0.39, 0.29) is 18.4 Å². The van der Waals surface area contributed by atoms with Crippen molar-refractivity contribution in [2.24, 2.45) is 0 Å². The normalized spacial score (nSPS) is 10.2. The number of amides is 2. The van der Waals surface area contributed by atoms with Crippen LogP contribution >= 0.6 is 31.9 Å². The molecule has 0 atom stereocenters. The Morgan fingerprint density at radius 1 is 1.12 bits per heavy atom. The lowest BCUT2D eigenvalue weighted by Gasteiger charge is -2.10. The topological polar surface area (TPSA) is 67.4 Å². The Morgan fingerprint density at radius 3 is 2.64 bits per heavy atom. The number of carbonyl (C=O) groups excluding carboxylic acids is 2. The summed E-state index contributed by atoms with van der Waals surface area (Å²) in [6, 6.07) is 12.2. The second-order valence-electron chi connectivity index (χ2n) is 5.25. The fourth-order valence-corrected chi connectivity index (χ4v) is 3.17. The van der Waals surface area contributed by atoms with Gasteiger partial charge in [0.05, 0.1) is 4.47 Å². The van der Waals surface area contributed by atoms with Crippen LogP contribution in [0, 0.1) is 0 Å². The average molecular weight is 470 g/mol. The minimum Gasteiger partial charge on any atom is -0.483 e. The molecule has 0 aliphatic rings. The standard InChI is InChI=1S/C18H18Br2N2O3/c1-2-8-21-18(24)12-4-3-5-14(9-12)22-17(23)11-25-16-7-6-13(19)10-15(16)20/h3-7,9-10H,2,8,11H2,1H3,(H,21,24)(H,22,23). The predicted octanol–water partition coefficient (Wildman–Crippen LogP) is 4.37. The predicted molar refractivity (Wildman–Crippen MR) is 105 cm³/mol. The van der Waals surface area contributed by atoms with E-state index in [1.807, 2.05) is 19.1 Å². The van der Waals surface area contributed by atoms with Crippen molar-refractivity contribution in [2.75, 3.05) is 18.5 Å². The van der Waals surface area contributed by atoms with Gasteiger partial charge < -0.3 is 15.4 Å². The van der Waals surface area contributed by atoms with E-state index in [1.165, 1.54) is 0 Å². The molecule has 0 unspecified atom stereocenters. The zero-order valence-corrected chi connectivity index (χ0v) is 16.8. The van der Waals surface area contributed by atoms with Crippen LogP contribution in [0.1, 0.15) is 23.7 Å². The number of hydrogen-bond acceptors (Lipinski definition) is 3. The number of halogens is 2. The Kier molecular flexibility index (Phi) is 7.46. The number of ether oxygens (including phenoxy) is 1. The second-order valence-corrected chi connectivity index (χ2v) is 7.02. The number of anilines is 1. The summed E-state index contributed by atoms with van der Waals surface area (Å²) in [4.78, 5) is 24.0. The summed E-state index contributed by atoms with van der Waals surface area (Å²) in [5, 5.41) is 5.53. The van der Waals surface area contributed by atoms with Gasteiger partial charge in [-0.25, -0.2) is 0 Å². The summed E-state index contributed by atoms with van der Waals surface area (Å²) in [5.74, 6) is 0.111. The average Bonchev–Trinajstić information content (AvgIpc) is 2.59. The van der Waals surface area contributed by atoms with Crippen molar-refractivity contribution < 1.29 is 14.3 Å². The van der Waals surface area contributed by atoms with Crippen LogP contribution in [0.15, 0.2) is 51.4 Å². The van der Waals surface area contributed by atoms with Crippen molar-refractivity contribution in [3.63, 3.8) is 0 Å². The highest BCUT2D eigenvalue weighted by Crippen LogP contribution is 2.28. The highest BCUT2D eigenvalue weighted by atomic mass is 79.9. The Hall–Kier alpha value is -1.86. The van der Waals surface area contributed by atoms with Crippen molar-refractivity contribution >= 4 is 49.4 Å². The maximum absolute atomic E-state index is 12.1. The smallest absolute Gasteiger partial charge is 0.262 e. The minimum atomic E-state index is -0.305. The maximum atomic E-state index is 12.1. The van der Waals surface area contributed by atoms with E-state index in [0.717, 1.165) is 15.4 Å². The number of nitrogens with one attached hydrogen (secondary N) is 2. The fourth-order valence-electron chi connectivity index (χ4n) is 2.01. The van der Waals surface area contributed by atoms with Crippen LogP contribution in [0.3, 0.4) is 0 Å². The molecule has 2 aromatic carbocycles. The summed E-state index contributed by atoms with van der Waals surface area (Å²) in [6.45, 7) is 2.47. The number of rotatable bonds is 7. The van der Waals surface area contributed by atoms with Crippen LogP contribution in [0.5, 0.6) is 5.75 Å². The van der Waals surface area contributed by atoms with E-state index in [0.29, 0.717) is 23.5 Å². The van der Waals surface area contributed by atoms with Crippen LogP contribution in [-0.4, -0.2) is 25.0 Å². The molecule has 25 heavy (non-hydrogen) atoms. The van der Waals surface area contributed by atoms with Gasteiger partial charge in [0, 0.05) is 22.3 Å². The molecule has 0 aliphatic carbocycles. The van der Waals surface area contributed by atoms with Gasteiger partial charge in [-0.2, -0.15) is 0 Å². The molecule has 0 saturated carbocycles. The highest BCUT2D eigenvalue weighted by Gasteiger charge is 2.09. The largest absolute Gasteiger partial charge is 0.483 e. The Morgan fingerprint density at radius 2 is 1.92 bits per heavy atom. The Bertz CT molecular complexity index is 766. The molecule has 2 rings (SSSR count). The maximum Gasteiger partial charge on any atom is 0.262 e. The first-order chi connectivity index (χ1) is 12.0. The van der Waals surface area contributed by atoms with E-state index >= 15 is 0 Å². The number of carbonyl (C=O) groups is 2. The molecule has 5 nitrogen and oxygen atoms in total. The molecule has 132 valence electrons. The molecule has 2 aromatic rings. The fraction of sp³-hybridized carbons (Fsp3) is 0.222. The molecular weight excluding hydrogens is 452 g/mol. The van der Waals surface area contributed by atoms with Gasteiger partial charge >= 0.3 is 0 Å². The number of hydrogen-bond donors (Lipinski definition) is 2. The van der Waals surface area contributed by atoms with Crippen LogP contribution in [0.2, 0.25) is 0 Å². The van der Waals surface area contributed by atoms with Gasteiger partial charge in [0.2, 0.25) is 0 Å². The van der Waals surface area contributed by atoms with Crippen LogP contribution in [0.25, 0.3) is 0 Å². The Labute approximate surface area is 163 Å². The molecule has 0 fully saturated rings. The van der Waals surface area contributed by atoms with Crippen molar-refractivity contribution in [1.82, 2.24) is 5.32 Å². The van der Waals surface area contributed by atoms with E-state index in [2.05, 4.69) is 42.5 Å². The molecule has 7 heteroatoms. The molecule has 0 heterocycles. The first-order valence-electron chi connectivity index (χ1n) is 7.75. The molecule has 0 spiro atoms. The van der Waals surface area contributed by atoms with Gasteiger partial charge in [0.25, 0.3) is 11.8 Å². The summed E-state index contributed by atoms with van der Waals surface area (Å²) in [5.41, 5.74) is 1.05.